The zero-order chi connectivity index (χ0) is 19.1. The molecule has 0 saturated carbocycles. The lowest BCUT2D eigenvalue weighted by Gasteiger charge is -2.25. The predicted octanol–water partition coefficient (Wildman–Crippen LogP) is 3.42. The molecule has 5 nitrogen and oxygen atoms in total. The molecule has 2 aromatic carbocycles. The first-order valence-corrected chi connectivity index (χ1v) is 9.55. The van der Waals surface area contributed by atoms with E-state index in [1.807, 2.05) is 42.5 Å². The Balaban J connectivity index is 1.46. The third-order valence-electron chi connectivity index (χ3n) is 4.99. The topological polar surface area (TPSA) is 50.8 Å². The average molecular weight is 368 g/mol. The summed E-state index contributed by atoms with van der Waals surface area (Å²) >= 11 is 0. The molecular formula is C22H28N2O3. The minimum absolute atomic E-state index is 0.0842. The molecule has 1 heterocycles. The van der Waals surface area contributed by atoms with E-state index in [1.54, 1.807) is 14.0 Å². The van der Waals surface area contributed by atoms with Gasteiger partial charge in [-0.1, -0.05) is 30.3 Å². The quantitative estimate of drug-likeness (QED) is 0.776. The van der Waals surface area contributed by atoms with Gasteiger partial charge in [0, 0.05) is 19.1 Å². The Labute approximate surface area is 161 Å². The Morgan fingerprint density at radius 1 is 1.15 bits per heavy atom. The molecule has 0 unspecified atom stereocenters. The third-order valence-corrected chi connectivity index (χ3v) is 4.99. The van der Waals surface area contributed by atoms with E-state index in [9.17, 15) is 4.79 Å². The van der Waals surface area contributed by atoms with Crippen LogP contribution in [0.4, 0.5) is 0 Å². The molecule has 1 fully saturated rings. The highest BCUT2D eigenvalue weighted by Crippen LogP contribution is 2.32. The van der Waals surface area contributed by atoms with Crippen molar-refractivity contribution in [1.82, 2.24) is 10.2 Å². The van der Waals surface area contributed by atoms with E-state index in [4.69, 9.17) is 9.47 Å². The third kappa shape index (κ3) is 5.23. The van der Waals surface area contributed by atoms with Gasteiger partial charge in [0.15, 0.2) is 6.10 Å². The molecule has 1 saturated heterocycles. The molecule has 0 aliphatic carbocycles. The van der Waals surface area contributed by atoms with Gasteiger partial charge in [0.05, 0.1) is 7.11 Å². The predicted molar refractivity (Wildman–Crippen MR) is 106 cm³/mol. The largest absolute Gasteiger partial charge is 0.497 e. The molecule has 3 rings (SSSR count). The van der Waals surface area contributed by atoms with Gasteiger partial charge >= 0.3 is 0 Å². The monoisotopic (exact) mass is 368 g/mol. The summed E-state index contributed by atoms with van der Waals surface area (Å²) in [6.07, 6.45) is 1.81. The lowest BCUT2D eigenvalue weighted by Crippen LogP contribution is -2.40. The number of para-hydroxylation sites is 1. The minimum atomic E-state index is -0.511. The van der Waals surface area contributed by atoms with E-state index in [-0.39, 0.29) is 5.91 Å². The molecule has 2 aromatic rings. The van der Waals surface area contributed by atoms with Crippen molar-refractivity contribution < 1.29 is 14.3 Å². The highest BCUT2D eigenvalue weighted by atomic mass is 16.5. The summed E-state index contributed by atoms with van der Waals surface area (Å²) in [4.78, 5) is 14.7. The van der Waals surface area contributed by atoms with Crippen LogP contribution >= 0.6 is 0 Å². The van der Waals surface area contributed by atoms with Crippen LogP contribution in [-0.4, -0.2) is 43.7 Å². The Morgan fingerprint density at radius 2 is 1.89 bits per heavy atom. The van der Waals surface area contributed by atoms with Crippen LogP contribution in [0.25, 0.3) is 0 Å². The summed E-state index contributed by atoms with van der Waals surface area (Å²) in [5.41, 5.74) is 1.31. The van der Waals surface area contributed by atoms with Crippen LogP contribution in [0.2, 0.25) is 0 Å². The fourth-order valence-corrected chi connectivity index (χ4v) is 3.52. The standard InChI is InChI=1S/C22H28N2O3/c1-17(27-20-7-4-3-5-8-20)22(25)23-14-16-24-15-6-9-21(24)18-10-12-19(26-2)13-11-18/h3-5,7-8,10-13,17,21H,6,9,14-16H2,1-2H3,(H,23,25)/t17-,21-/m0/s1. The van der Waals surface area contributed by atoms with Crippen LogP contribution < -0.4 is 14.8 Å². The van der Waals surface area contributed by atoms with E-state index in [1.165, 1.54) is 12.0 Å². The van der Waals surface area contributed by atoms with E-state index < -0.39 is 6.10 Å². The van der Waals surface area contributed by atoms with Gasteiger partial charge in [-0.25, -0.2) is 0 Å². The van der Waals surface area contributed by atoms with Crippen LogP contribution in [0.5, 0.6) is 11.5 Å². The van der Waals surface area contributed by atoms with Gasteiger partial charge in [0.2, 0.25) is 0 Å². The smallest absolute Gasteiger partial charge is 0.260 e. The number of ether oxygens (including phenoxy) is 2. The lowest BCUT2D eigenvalue weighted by molar-refractivity contribution is -0.127. The van der Waals surface area contributed by atoms with Crippen LogP contribution in [0.1, 0.15) is 31.4 Å². The molecule has 27 heavy (non-hydrogen) atoms. The molecule has 2 atom stereocenters. The van der Waals surface area contributed by atoms with Crippen molar-refractivity contribution in [3.8, 4) is 11.5 Å². The van der Waals surface area contributed by atoms with Gasteiger partial charge in [-0.15, -0.1) is 0 Å². The highest BCUT2D eigenvalue weighted by molar-refractivity contribution is 5.80. The van der Waals surface area contributed by atoms with Crippen molar-refractivity contribution in [2.75, 3.05) is 26.7 Å². The highest BCUT2D eigenvalue weighted by Gasteiger charge is 2.25. The van der Waals surface area contributed by atoms with E-state index >= 15 is 0 Å². The van der Waals surface area contributed by atoms with Crippen molar-refractivity contribution in [1.29, 1.82) is 0 Å². The molecule has 1 amide bonds. The number of carbonyl (C=O) groups excluding carboxylic acids is 1. The Kier molecular flexibility index (Phi) is 6.71. The first-order chi connectivity index (χ1) is 13.2. The van der Waals surface area contributed by atoms with Crippen LogP contribution in [0, 0.1) is 0 Å². The lowest BCUT2D eigenvalue weighted by atomic mass is 10.0. The molecule has 0 bridgehead atoms. The van der Waals surface area contributed by atoms with Crippen molar-refractivity contribution in [2.45, 2.75) is 31.9 Å². The van der Waals surface area contributed by atoms with Crippen LogP contribution in [-0.2, 0) is 4.79 Å². The molecule has 5 heteroatoms. The fourth-order valence-electron chi connectivity index (χ4n) is 3.52. The Bertz CT molecular complexity index is 718. The Morgan fingerprint density at radius 3 is 2.59 bits per heavy atom. The van der Waals surface area contributed by atoms with Gasteiger partial charge < -0.3 is 14.8 Å². The molecule has 1 aliphatic rings. The molecule has 0 aromatic heterocycles. The molecule has 1 N–H and O–H groups in total. The second-order valence-corrected chi connectivity index (χ2v) is 6.83. The number of likely N-dealkylation sites (tertiary alicyclic amines) is 1. The number of rotatable bonds is 8. The van der Waals surface area contributed by atoms with Gasteiger partial charge in [-0.05, 0) is 56.1 Å². The number of benzene rings is 2. The first kappa shape index (κ1) is 19.2. The second-order valence-electron chi connectivity index (χ2n) is 6.83. The summed E-state index contributed by atoms with van der Waals surface area (Å²) < 4.78 is 10.9. The molecule has 0 radical (unpaired) electrons. The zero-order valence-electron chi connectivity index (χ0n) is 16.1. The number of methoxy groups -OCH3 is 1. The van der Waals surface area contributed by atoms with Gasteiger partial charge in [0.25, 0.3) is 5.91 Å². The van der Waals surface area contributed by atoms with E-state index in [2.05, 4.69) is 22.3 Å². The SMILES string of the molecule is COc1ccc([C@@H]2CCCN2CCNC(=O)[C@H](C)Oc2ccccc2)cc1. The molecule has 1 aliphatic heterocycles. The number of hydrogen-bond donors (Lipinski definition) is 1. The van der Waals surface area contributed by atoms with E-state index in [0.717, 1.165) is 25.3 Å². The minimum Gasteiger partial charge on any atom is -0.497 e. The zero-order valence-corrected chi connectivity index (χ0v) is 16.1. The number of amides is 1. The number of nitrogens with one attached hydrogen (secondary N) is 1. The Hall–Kier alpha value is -2.53. The summed E-state index contributed by atoms with van der Waals surface area (Å²) in [5, 5.41) is 2.99. The maximum atomic E-state index is 12.3. The maximum Gasteiger partial charge on any atom is 0.260 e. The molecule has 144 valence electrons. The van der Waals surface area contributed by atoms with Crippen molar-refractivity contribution in [3.63, 3.8) is 0 Å². The summed E-state index contributed by atoms with van der Waals surface area (Å²) in [5.74, 6) is 1.50. The summed E-state index contributed by atoms with van der Waals surface area (Å²) in [6.45, 7) is 4.29. The van der Waals surface area contributed by atoms with Crippen molar-refractivity contribution in [2.24, 2.45) is 0 Å². The first-order valence-electron chi connectivity index (χ1n) is 9.55. The molecular weight excluding hydrogens is 340 g/mol. The maximum absolute atomic E-state index is 12.3. The van der Waals surface area contributed by atoms with Gasteiger partial charge in [0.1, 0.15) is 11.5 Å². The van der Waals surface area contributed by atoms with E-state index in [0.29, 0.717) is 18.3 Å². The average Bonchev–Trinajstić information content (AvgIpc) is 3.17. The molecule has 0 spiro atoms. The number of hydrogen-bond acceptors (Lipinski definition) is 4. The fraction of sp³-hybridized carbons (Fsp3) is 0.409. The number of nitrogens with zero attached hydrogens (tertiary/aromatic N) is 1. The van der Waals surface area contributed by atoms with Crippen molar-refractivity contribution >= 4 is 5.91 Å². The van der Waals surface area contributed by atoms with Crippen LogP contribution in [0.3, 0.4) is 0 Å². The van der Waals surface area contributed by atoms with Gasteiger partial charge in [-0.3, -0.25) is 9.69 Å². The van der Waals surface area contributed by atoms with Gasteiger partial charge in [-0.2, -0.15) is 0 Å². The number of carbonyl (C=O) groups is 1. The van der Waals surface area contributed by atoms with Crippen molar-refractivity contribution in [3.05, 3.63) is 60.2 Å². The van der Waals surface area contributed by atoms with Crippen LogP contribution in [0.15, 0.2) is 54.6 Å². The second kappa shape index (κ2) is 9.42. The summed E-state index contributed by atoms with van der Waals surface area (Å²) in [7, 11) is 1.68. The summed E-state index contributed by atoms with van der Waals surface area (Å²) in [6, 6.07) is 18.1. The normalized spacial score (nSPS) is 18.1.